The average Bonchev–Trinajstić information content (AvgIpc) is 2.59. The van der Waals surface area contributed by atoms with E-state index in [0.29, 0.717) is 6.54 Å². The van der Waals surface area contributed by atoms with Gasteiger partial charge in [0, 0.05) is 23.4 Å². The van der Waals surface area contributed by atoms with E-state index >= 15 is 0 Å². The molecule has 0 saturated heterocycles. The topological polar surface area (TPSA) is 129 Å². The van der Waals surface area contributed by atoms with Crippen LogP contribution < -0.4 is 15.7 Å². The smallest absolute Gasteiger partial charge is 0.271 e. The van der Waals surface area contributed by atoms with Crippen LogP contribution in [0.5, 0.6) is 0 Å². The molecule has 0 aliphatic rings. The molecule has 0 unspecified atom stereocenters. The second-order valence-electron chi connectivity index (χ2n) is 5.41. The van der Waals surface area contributed by atoms with Gasteiger partial charge in [-0.05, 0) is 6.07 Å². The first-order chi connectivity index (χ1) is 12.0. The summed E-state index contributed by atoms with van der Waals surface area (Å²) in [7, 11) is 0. The number of nitrogens with two attached hydrogens (primary N) is 1. The van der Waals surface area contributed by atoms with Crippen molar-refractivity contribution in [1.82, 2.24) is 0 Å². The Morgan fingerprint density at radius 2 is 1.84 bits per heavy atom. The highest BCUT2D eigenvalue weighted by Crippen LogP contribution is 2.17. The van der Waals surface area contributed by atoms with Crippen LogP contribution in [0.25, 0.3) is 0 Å². The molecule has 3 N–H and O–H groups in total. The van der Waals surface area contributed by atoms with E-state index in [2.05, 4.69) is 5.32 Å². The highest BCUT2D eigenvalue weighted by molar-refractivity contribution is 5.93. The maximum Gasteiger partial charge on any atom is 0.271 e. The molecule has 0 radical (unpaired) electrons. The predicted octanol–water partition coefficient (Wildman–Crippen LogP) is -0.194. The van der Waals surface area contributed by atoms with Crippen LogP contribution in [0.2, 0.25) is 0 Å². The molecular formula is C17H17N3O5. The van der Waals surface area contributed by atoms with Crippen LogP contribution in [0, 0.1) is 10.1 Å². The summed E-state index contributed by atoms with van der Waals surface area (Å²) in [6.45, 7) is 0.392. The van der Waals surface area contributed by atoms with Crippen LogP contribution in [0.1, 0.15) is 12.0 Å². The summed E-state index contributed by atoms with van der Waals surface area (Å²) in [6, 6.07) is 13.6. The van der Waals surface area contributed by atoms with Crippen molar-refractivity contribution < 1.29 is 24.9 Å². The van der Waals surface area contributed by atoms with Gasteiger partial charge in [-0.3, -0.25) is 14.9 Å². The van der Waals surface area contributed by atoms with Gasteiger partial charge in [-0.1, -0.05) is 36.4 Å². The van der Waals surface area contributed by atoms with Gasteiger partial charge in [0.2, 0.25) is 5.91 Å². The Labute approximate surface area is 143 Å². The monoisotopic (exact) mass is 343 g/mol. The maximum atomic E-state index is 12.0. The Kier molecular flexibility index (Phi) is 6.19. The van der Waals surface area contributed by atoms with Gasteiger partial charge in [-0.25, -0.2) is 0 Å². The van der Waals surface area contributed by atoms with E-state index in [1.165, 1.54) is 29.6 Å². The maximum absolute atomic E-state index is 12.0. The van der Waals surface area contributed by atoms with E-state index in [4.69, 9.17) is 0 Å². The molecule has 1 atom stereocenters. The van der Waals surface area contributed by atoms with E-state index in [1.807, 2.05) is 30.3 Å². The zero-order chi connectivity index (χ0) is 18.2. The summed E-state index contributed by atoms with van der Waals surface area (Å²) < 4.78 is 0. The van der Waals surface area contributed by atoms with Gasteiger partial charge in [-0.15, -0.1) is 0 Å². The van der Waals surface area contributed by atoms with Gasteiger partial charge < -0.3 is 20.5 Å². The number of nitrogens with one attached hydrogen (secondary N) is 1. The molecule has 0 saturated carbocycles. The van der Waals surface area contributed by atoms with Gasteiger partial charge in [0.05, 0.1) is 17.3 Å². The molecule has 8 heteroatoms. The third-order valence-electron chi connectivity index (χ3n) is 3.53. The second-order valence-corrected chi connectivity index (χ2v) is 5.41. The number of rotatable bonds is 8. The zero-order valence-electron chi connectivity index (χ0n) is 13.3. The first-order valence-electron chi connectivity index (χ1n) is 7.58. The molecule has 25 heavy (non-hydrogen) atoms. The molecule has 2 aromatic rings. The fourth-order valence-corrected chi connectivity index (χ4v) is 2.26. The number of carboxylic acids is 1. The molecule has 1 amide bonds. The van der Waals surface area contributed by atoms with Gasteiger partial charge >= 0.3 is 0 Å². The van der Waals surface area contributed by atoms with Crippen molar-refractivity contribution >= 4 is 23.3 Å². The lowest BCUT2D eigenvalue weighted by molar-refractivity contribution is -0.697. The fourth-order valence-electron chi connectivity index (χ4n) is 2.26. The largest absolute Gasteiger partial charge is 0.544 e. The zero-order valence-corrected chi connectivity index (χ0v) is 13.3. The number of hydrogen-bond acceptors (Lipinski definition) is 5. The highest BCUT2D eigenvalue weighted by Gasteiger charge is 2.19. The summed E-state index contributed by atoms with van der Waals surface area (Å²) >= 11 is 0. The number of hydrogen-bond donors (Lipinski definition) is 2. The average molecular weight is 343 g/mol. The number of nitrogens with zero attached hydrogens (tertiary/aromatic N) is 1. The lowest BCUT2D eigenvalue weighted by Crippen LogP contribution is -2.92. The number of carboxylic acid groups (broad SMARTS) is 1. The highest BCUT2D eigenvalue weighted by atomic mass is 16.6. The van der Waals surface area contributed by atoms with Crippen molar-refractivity contribution in [2.45, 2.75) is 19.0 Å². The van der Waals surface area contributed by atoms with Crippen molar-refractivity contribution in [2.24, 2.45) is 0 Å². The summed E-state index contributed by atoms with van der Waals surface area (Å²) in [5.41, 5.74) is 0.997. The minimum absolute atomic E-state index is 0.162. The summed E-state index contributed by atoms with van der Waals surface area (Å²) in [4.78, 5) is 33.4. The molecule has 0 spiro atoms. The van der Waals surface area contributed by atoms with E-state index in [-0.39, 0.29) is 17.8 Å². The number of aliphatic carboxylic acids is 1. The molecule has 8 nitrogen and oxygen atoms in total. The minimum Gasteiger partial charge on any atom is -0.544 e. The van der Waals surface area contributed by atoms with Crippen molar-refractivity contribution in [3.8, 4) is 0 Å². The van der Waals surface area contributed by atoms with Crippen LogP contribution in [0.3, 0.4) is 0 Å². The SMILES string of the molecule is O=C(C[C@H]([NH2+]Cc1ccccc1)C(=O)[O-])Nc1cccc([N+](=O)[O-])c1. The Morgan fingerprint density at radius 1 is 1.12 bits per heavy atom. The van der Waals surface area contributed by atoms with Crippen molar-refractivity contribution in [3.63, 3.8) is 0 Å². The number of non-ortho nitro benzene ring substituents is 1. The standard InChI is InChI=1S/C17H17N3O5/c21-16(19-13-7-4-8-14(9-13)20(24)25)10-15(17(22)23)18-11-12-5-2-1-3-6-12/h1-9,15,18H,10-11H2,(H,19,21)(H,22,23)/t15-/m0/s1. The van der Waals surface area contributed by atoms with Crippen LogP contribution in [0.4, 0.5) is 11.4 Å². The van der Waals surface area contributed by atoms with Gasteiger partial charge in [-0.2, -0.15) is 0 Å². The Morgan fingerprint density at radius 3 is 2.48 bits per heavy atom. The predicted molar refractivity (Wildman–Crippen MR) is 87.2 cm³/mol. The Balaban J connectivity index is 1.94. The molecule has 2 aromatic carbocycles. The molecule has 0 bridgehead atoms. The molecule has 2 rings (SSSR count). The van der Waals surface area contributed by atoms with Crippen LogP contribution in [0.15, 0.2) is 54.6 Å². The van der Waals surface area contributed by atoms with Crippen LogP contribution in [-0.2, 0) is 16.1 Å². The molecule has 0 aliphatic carbocycles. The number of carbonyl (C=O) groups is 2. The first-order valence-corrected chi connectivity index (χ1v) is 7.58. The Hall–Kier alpha value is -3.26. The Bertz CT molecular complexity index is 764. The van der Waals surface area contributed by atoms with Crippen molar-refractivity contribution in [1.29, 1.82) is 0 Å². The third kappa shape index (κ3) is 5.70. The normalized spacial score (nSPS) is 11.5. The van der Waals surface area contributed by atoms with E-state index < -0.39 is 22.8 Å². The number of benzene rings is 2. The number of anilines is 1. The molecule has 0 aromatic heterocycles. The van der Waals surface area contributed by atoms with Gasteiger partial charge in [0.1, 0.15) is 12.6 Å². The van der Waals surface area contributed by atoms with Crippen LogP contribution >= 0.6 is 0 Å². The fraction of sp³-hybridized carbons (Fsp3) is 0.176. The van der Waals surface area contributed by atoms with E-state index in [0.717, 1.165) is 5.56 Å². The summed E-state index contributed by atoms with van der Waals surface area (Å²) in [5, 5.41) is 25.9. The van der Waals surface area contributed by atoms with E-state index in [9.17, 15) is 24.8 Å². The molecule has 0 aliphatic heterocycles. The number of nitro benzene ring substituents is 1. The number of amides is 1. The number of nitro groups is 1. The van der Waals surface area contributed by atoms with Crippen molar-refractivity contribution in [3.05, 3.63) is 70.3 Å². The molecule has 130 valence electrons. The minimum atomic E-state index is -1.34. The summed E-state index contributed by atoms with van der Waals surface area (Å²) in [6.07, 6.45) is -0.308. The van der Waals surface area contributed by atoms with Gasteiger partial charge in [0.15, 0.2) is 0 Å². The number of quaternary nitrogens is 1. The third-order valence-corrected chi connectivity index (χ3v) is 3.53. The van der Waals surface area contributed by atoms with E-state index in [1.54, 1.807) is 0 Å². The van der Waals surface area contributed by atoms with Gasteiger partial charge in [0.25, 0.3) is 5.69 Å². The van der Waals surface area contributed by atoms with Crippen LogP contribution in [-0.4, -0.2) is 22.8 Å². The molecule has 0 heterocycles. The molecule has 0 fully saturated rings. The lowest BCUT2D eigenvalue weighted by Gasteiger charge is -2.16. The van der Waals surface area contributed by atoms with Crippen molar-refractivity contribution in [2.75, 3.05) is 5.32 Å². The second kappa shape index (κ2) is 8.55. The number of carbonyl (C=O) groups excluding carboxylic acids is 2. The first kappa shape index (κ1) is 18.1. The molecular weight excluding hydrogens is 326 g/mol. The quantitative estimate of drug-likeness (QED) is 0.507. The summed E-state index contributed by atoms with van der Waals surface area (Å²) in [5.74, 6) is -1.90. The lowest BCUT2D eigenvalue weighted by atomic mass is 10.1.